The summed E-state index contributed by atoms with van der Waals surface area (Å²) in [5, 5.41) is 17.3. The number of oxazole rings is 1. The number of benzene rings is 3. The van der Waals surface area contributed by atoms with E-state index in [0.717, 1.165) is 22.3 Å². The molecule has 41 heavy (non-hydrogen) atoms. The van der Waals surface area contributed by atoms with Gasteiger partial charge in [-0.25, -0.2) is 14.6 Å². The molecule has 1 heterocycles. The quantitative estimate of drug-likeness (QED) is 0.184. The molecule has 3 aromatic carbocycles. The SMILES string of the molecule is Cc1cc(NC(=O)Nc2cccc(CNC(=O)OC(CCC#N)COCc3ccccc3)c2)ccc1-c1cnco1. The third-order valence-electron chi connectivity index (χ3n) is 6.07. The number of anilines is 2. The van der Waals surface area contributed by atoms with Crippen molar-refractivity contribution < 1.29 is 23.5 Å². The molecule has 0 aliphatic rings. The number of nitrogens with zero attached hydrogens (tertiary/aromatic N) is 2. The second-order valence-electron chi connectivity index (χ2n) is 9.25. The van der Waals surface area contributed by atoms with Crippen molar-refractivity contribution in [2.24, 2.45) is 0 Å². The fourth-order valence-electron chi connectivity index (χ4n) is 4.07. The van der Waals surface area contributed by atoms with Crippen LogP contribution >= 0.6 is 0 Å². The number of carbonyl (C=O) groups is 2. The molecular weight excluding hydrogens is 522 g/mol. The highest BCUT2D eigenvalue weighted by Crippen LogP contribution is 2.25. The third kappa shape index (κ3) is 9.23. The Morgan fingerprint density at radius 2 is 1.78 bits per heavy atom. The average molecular weight is 554 g/mol. The molecule has 210 valence electrons. The molecule has 10 heteroatoms. The number of rotatable bonds is 12. The zero-order chi connectivity index (χ0) is 28.9. The molecule has 10 nitrogen and oxygen atoms in total. The number of aryl methyl sites for hydroxylation is 1. The van der Waals surface area contributed by atoms with Crippen molar-refractivity contribution in [2.75, 3.05) is 17.2 Å². The summed E-state index contributed by atoms with van der Waals surface area (Å²) in [6.07, 6.45) is 2.46. The van der Waals surface area contributed by atoms with E-state index in [0.29, 0.717) is 30.2 Å². The van der Waals surface area contributed by atoms with Crippen LogP contribution < -0.4 is 16.0 Å². The number of urea groups is 1. The van der Waals surface area contributed by atoms with E-state index < -0.39 is 18.2 Å². The summed E-state index contributed by atoms with van der Waals surface area (Å²) in [4.78, 5) is 29.0. The van der Waals surface area contributed by atoms with E-state index in [1.807, 2.05) is 55.5 Å². The monoisotopic (exact) mass is 553 g/mol. The van der Waals surface area contributed by atoms with Crippen LogP contribution in [0.5, 0.6) is 0 Å². The summed E-state index contributed by atoms with van der Waals surface area (Å²) < 4.78 is 16.5. The van der Waals surface area contributed by atoms with Crippen molar-refractivity contribution in [3.63, 3.8) is 0 Å². The Kier molecular flexibility index (Phi) is 10.5. The summed E-state index contributed by atoms with van der Waals surface area (Å²) in [6.45, 7) is 2.68. The number of carbonyl (C=O) groups excluding carboxylic acids is 2. The highest BCUT2D eigenvalue weighted by molar-refractivity contribution is 6.00. The normalized spacial score (nSPS) is 11.2. The molecule has 0 spiro atoms. The Balaban J connectivity index is 1.24. The van der Waals surface area contributed by atoms with Gasteiger partial charge in [0.15, 0.2) is 12.2 Å². The molecule has 0 bridgehead atoms. The van der Waals surface area contributed by atoms with Gasteiger partial charge in [0.2, 0.25) is 0 Å². The molecule has 4 rings (SSSR count). The molecule has 1 atom stereocenters. The van der Waals surface area contributed by atoms with Crippen LogP contribution in [-0.4, -0.2) is 29.8 Å². The van der Waals surface area contributed by atoms with Crippen LogP contribution in [0.25, 0.3) is 11.3 Å². The molecule has 3 amide bonds. The number of ether oxygens (including phenoxy) is 2. The number of aromatic nitrogens is 1. The number of amides is 3. The molecule has 3 N–H and O–H groups in total. The maximum Gasteiger partial charge on any atom is 0.407 e. The van der Waals surface area contributed by atoms with Gasteiger partial charge in [-0.15, -0.1) is 0 Å². The summed E-state index contributed by atoms with van der Waals surface area (Å²) >= 11 is 0. The number of hydrogen-bond acceptors (Lipinski definition) is 7. The highest BCUT2D eigenvalue weighted by atomic mass is 16.6. The Bertz CT molecular complexity index is 1470. The topological polar surface area (TPSA) is 139 Å². The Labute approximate surface area is 238 Å². The second-order valence-corrected chi connectivity index (χ2v) is 9.25. The molecule has 4 aromatic rings. The first-order valence-electron chi connectivity index (χ1n) is 13.1. The van der Waals surface area contributed by atoms with Gasteiger partial charge in [0.25, 0.3) is 0 Å². The Morgan fingerprint density at radius 3 is 2.51 bits per heavy atom. The zero-order valence-electron chi connectivity index (χ0n) is 22.6. The summed E-state index contributed by atoms with van der Waals surface area (Å²) in [6, 6.07) is 23.9. The lowest BCUT2D eigenvalue weighted by Gasteiger charge is -2.17. The standard InChI is InChI=1S/C31H31N5O5/c1-22-15-26(12-13-28(22)29-18-33-21-40-29)36-30(37)35-25-10-5-9-24(16-25)17-34-31(38)41-27(11-6-14-32)20-39-19-23-7-3-2-4-8-23/h2-5,7-10,12-13,15-16,18,21,27H,6,11,17,19-20H2,1H3,(H,34,38)(H2,35,36,37). The maximum atomic E-state index is 12.6. The molecule has 1 unspecified atom stereocenters. The third-order valence-corrected chi connectivity index (χ3v) is 6.07. The van der Waals surface area contributed by atoms with E-state index in [2.05, 4.69) is 27.0 Å². The molecule has 0 fully saturated rings. The van der Waals surface area contributed by atoms with E-state index in [-0.39, 0.29) is 19.6 Å². The number of nitriles is 1. The first-order chi connectivity index (χ1) is 20.0. The average Bonchev–Trinajstić information content (AvgIpc) is 3.50. The van der Waals surface area contributed by atoms with E-state index >= 15 is 0 Å². The minimum absolute atomic E-state index is 0.181. The number of alkyl carbamates (subject to hydrolysis) is 1. The second kappa shape index (κ2) is 14.9. The van der Waals surface area contributed by atoms with Crippen molar-refractivity contribution >= 4 is 23.5 Å². The maximum absolute atomic E-state index is 12.6. The fraction of sp³-hybridized carbons (Fsp3) is 0.226. The lowest BCUT2D eigenvalue weighted by molar-refractivity contribution is 0.0102. The van der Waals surface area contributed by atoms with Crippen LogP contribution in [0, 0.1) is 18.3 Å². The van der Waals surface area contributed by atoms with E-state index in [9.17, 15) is 9.59 Å². The molecule has 0 aliphatic heterocycles. The first kappa shape index (κ1) is 28.9. The predicted octanol–water partition coefficient (Wildman–Crippen LogP) is 6.41. The zero-order valence-corrected chi connectivity index (χ0v) is 22.6. The smallest absolute Gasteiger partial charge is 0.407 e. The first-order valence-corrected chi connectivity index (χ1v) is 13.1. The van der Waals surface area contributed by atoms with Crippen LogP contribution in [0.15, 0.2) is 89.8 Å². The molecule has 0 aliphatic carbocycles. The Hall–Kier alpha value is -5.14. The Morgan fingerprint density at radius 1 is 1.00 bits per heavy atom. The van der Waals surface area contributed by atoms with Crippen LogP contribution in [-0.2, 0) is 22.6 Å². The van der Waals surface area contributed by atoms with Crippen LogP contribution in [0.3, 0.4) is 0 Å². The van der Waals surface area contributed by atoms with Crippen molar-refractivity contribution in [3.8, 4) is 17.4 Å². The lowest BCUT2D eigenvalue weighted by atomic mass is 10.1. The van der Waals surface area contributed by atoms with E-state index in [4.69, 9.17) is 19.2 Å². The van der Waals surface area contributed by atoms with Crippen LogP contribution in [0.1, 0.15) is 29.5 Å². The van der Waals surface area contributed by atoms with Gasteiger partial charge >= 0.3 is 12.1 Å². The van der Waals surface area contributed by atoms with E-state index in [1.165, 1.54) is 6.39 Å². The molecule has 0 saturated heterocycles. The summed E-state index contributed by atoms with van der Waals surface area (Å²) in [5.41, 5.74) is 4.78. The van der Waals surface area contributed by atoms with Crippen LogP contribution in [0.2, 0.25) is 0 Å². The summed E-state index contributed by atoms with van der Waals surface area (Å²) in [5.74, 6) is 0.655. The highest BCUT2D eigenvalue weighted by Gasteiger charge is 2.15. The minimum atomic E-state index is -0.614. The number of hydrogen-bond donors (Lipinski definition) is 3. The predicted molar refractivity (Wildman–Crippen MR) is 154 cm³/mol. The van der Waals surface area contributed by atoms with Crippen molar-refractivity contribution in [1.82, 2.24) is 10.3 Å². The van der Waals surface area contributed by atoms with Gasteiger partial charge in [-0.05, 0) is 60.4 Å². The van der Waals surface area contributed by atoms with Crippen LogP contribution in [0.4, 0.5) is 21.0 Å². The van der Waals surface area contributed by atoms with Gasteiger partial charge in [-0.1, -0.05) is 42.5 Å². The van der Waals surface area contributed by atoms with Gasteiger partial charge < -0.3 is 29.8 Å². The van der Waals surface area contributed by atoms with Crippen molar-refractivity contribution in [2.45, 2.75) is 39.0 Å². The molecule has 0 saturated carbocycles. The number of nitrogens with one attached hydrogen (secondary N) is 3. The van der Waals surface area contributed by atoms with Gasteiger partial charge in [0.05, 0.1) is 25.5 Å². The fourth-order valence-corrected chi connectivity index (χ4v) is 4.07. The lowest BCUT2D eigenvalue weighted by Crippen LogP contribution is -2.31. The van der Waals surface area contributed by atoms with Gasteiger partial charge in [0, 0.05) is 29.9 Å². The van der Waals surface area contributed by atoms with Gasteiger partial charge in [0.1, 0.15) is 6.10 Å². The van der Waals surface area contributed by atoms with Crippen molar-refractivity contribution in [3.05, 3.63) is 102 Å². The minimum Gasteiger partial charge on any atom is -0.444 e. The molecular formula is C31H31N5O5. The van der Waals surface area contributed by atoms with E-state index in [1.54, 1.807) is 30.5 Å². The summed E-state index contributed by atoms with van der Waals surface area (Å²) in [7, 11) is 0. The van der Waals surface area contributed by atoms with Gasteiger partial charge in [-0.3, -0.25) is 0 Å². The largest absolute Gasteiger partial charge is 0.444 e. The molecule has 1 aromatic heterocycles. The van der Waals surface area contributed by atoms with Crippen molar-refractivity contribution in [1.29, 1.82) is 5.26 Å². The molecule has 0 radical (unpaired) electrons. The van der Waals surface area contributed by atoms with Gasteiger partial charge in [-0.2, -0.15) is 5.26 Å².